The maximum atomic E-state index is 12.8. The van der Waals surface area contributed by atoms with E-state index in [2.05, 4.69) is 32.9 Å². The SMILES string of the molecule is CC(C)=CCC/C(C)=C\COc1ccc2c(C)c(Cc3ccccc3)c(=O)oc2c1C. The maximum absolute atomic E-state index is 12.8. The van der Waals surface area contributed by atoms with Gasteiger partial charge in [0, 0.05) is 22.9 Å². The second kappa shape index (κ2) is 10.3. The van der Waals surface area contributed by atoms with Crippen LogP contribution in [0.2, 0.25) is 0 Å². The summed E-state index contributed by atoms with van der Waals surface area (Å²) in [6, 6.07) is 14.0. The first-order chi connectivity index (χ1) is 14.9. The van der Waals surface area contributed by atoms with Gasteiger partial charge in [0.1, 0.15) is 17.9 Å². The predicted octanol–water partition coefficient (Wildman–Crippen LogP) is 7.07. The van der Waals surface area contributed by atoms with Crippen LogP contribution in [0.4, 0.5) is 0 Å². The third-order valence-electron chi connectivity index (χ3n) is 5.64. The Bertz CT molecular complexity index is 1160. The highest BCUT2D eigenvalue weighted by Crippen LogP contribution is 2.30. The Hall–Kier alpha value is -3.07. The number of aryl methyl sites for hydroxylation is 2. The van der Waals surface area contributed by atoms with Crippen LogP contribution in [0.5, 0.6) is 5.75 Å². The molecular weight excluding hydrogens is 384 g/mol. The van der Waals surface area contributed by atoms with E-state index in [1.807, 2.05) is 56.3 Å². The molecule has 162 valence electrons. The van der Waals surface area contributed by atoms with Crippen LogP contribution in [0.15, 0.2) is 75.0 Å². The molecule has 0 saturated carbocycles. The number of benzene rings is 2. The second-order valence-corrected chi connectivity index (χ2v) is 8.40. The quantitative estimate of drug-likeness (QED) is 0.291. The van der Waals surface area contributed by atoms with Crippen LogP contribution in [0.3, 0.4) is 0 Å². The Balaban J connectivity index is 1.80. The molecule has 0 radical (unpaired) electrons. The summed E-state index contributed by atoms with van der Waals surface area (Å²) in [7, 11) is 0. The van der Waals surface area contributed by atoms with Gasteiger partial charge in [-0.25, -0.2) is 4.79 Å². The van der Waals surface area contributed by atoms with Crippen LogP contribution in [0.25, 0.3) is 11.0 Å². The third kappa shape index (κ3) is 5.75. The Morgan fingerprint density at radius 2 is 1.71 bits per heavy atom. The van der Waals surface area contributed by atoms with Crippen molar-refractivity contribution in [1.29, 1.82) is 0 Å². The van der Waals surface area contributed by atoms with E-state index in [0.29, 0.717) is 24.2 Å². The van der Waals surface area contributed by atoms with E-state index in [1.54, 1.807) is 0 Å². The second-order valence-electron chi connectivity index (χ2n) is 8.40. The van der Waals surface area contributed by atoms with Crippen molar-refractivity contribution < 1.29 is 9.15 Å². The number of fused-ring (bicyclic) bond motifs is 1. The van der Waals surface area contributed by atoms with Crippen LogP contribution in [0, 0.1) is 13.8 Å². The molecule has 0 saturated heterocycles. The first kappa shape index (κ1) is 22.6. The van der Waals surface area contributed by atoms with Gasteiger partial charge in [0.2, 0.25) is 0 Å². The summed E-state index contributed by atoms with van der Waals surface area (Å²) < 4.78 is 11.8. The van der Waals surface area contributed by atoms with Crippen LogP contribution in [-0.4, -0.2) is 6.61 Å². The van der Waals surface area contributed by atoms with Crippen molar-refractivity contribution in [3.63, 3.8) is 0 Å². The molecule has 31 heavy (non-hydrogen) atoms. The van der Waals surface area contributed by atoms with Crippen LogP contribution in [-0.2, 0) is 6.42 Å². The van der Waals surface area contributed by atoms with Gasteiger partial charge < -0.3 is 9.15 Å². The molecule has 3 heteroatoms. The fraction of sp³-hybridized carbons (Fsp3) is 0.321. The molecule has 0 aliphatic carbocycles. The minimum Gasteiger partial charge on any atom is -0.489 e. The van der Waals surface area contributed by atoms with Crippen LogP contribution in [0.1, 0.15) is 55.9 Å². The van der Waals surface area contributed by atoms with Crippen molar-refractivity contribution >= 4 is 11.0 Å². The molecule has 3 rings (SSSR count). The van der Waals surface area contributed by atoms with Gasteiger partial charge in [0.25, 0.3) is 0 Å². The summed E-state index contributed by atoms with van der Waals surface area (Å²) in [4.78, 5) is 12.8. The molecule has 0 spiro atoms. The largest absolute Gasteiger partial charge is 0.489 e. The van der Waals surface area contributed by atoms with Crippen molar-refractivity contribution in [1.82, 2.24) is 0 Å². The Kier molecular flexibility index (Phi) is 7.51. The molecule has 0 atom stereocenters. The Morgan fingerprint density at radius 3 is 2.42 bits per heavy atom. The molecule has 0 aliphatic rings. The molecule has 0 amide bonds. The van der Waals surface area contributed by atoms with Crippen molar-refractivity contribution in [3.8, 4) is 5.75 Å². The third-order valence-corrected chi connectivity index (χ3v) is 5.64. The van der Waals surface area contributed by atoms with Gasteiger partial charge in [0.05, 0.1) is 0 Å². The molecular formula is C28H32O3. The van der Waals surface area contributed by atoms with Crippen molar-refractivity contribution in [2.75, 3.05) is 6.61 Å². The van der Waals surface area contributed by atoms with Gasteiger partial charge in [-0.05, 0) is 76.8 Å². The molecule has 3 nitrogen and oxygen atoms in total. The molecule has 0 unspecified atom stereocenters. The van der Waals surface area contributed by atoms with Crippen molar-refractivity contribution in [2.45, 2.75) is 53.9 Å². The van der Waals surface area contributed by atoms with Gasteiger partial charge in [-0.15, -0.1) is 0 Å². The Labute approximate surface area is 185 Å². The van der Waals surface area contributed by atoms with Gasteiger partial charge in [-0.3, -0.25) is 0 Å². The van der Waals surface area contributed by atoms with Crippen LogP contribution >= 0.6 is 0 Å². The zero-order valence-corrected chi connectivity index (χ0v) is 19.2. The summed E-state index contributed by atoms with van der Waals surface area (Å²) in [5.74, 6) is 0.749. The summed E-state index contributed by atoms with van der Waals surface area (Å²) in [6.45, 7) is 10.8. The van der Waals surface area contributed by atoms with E-state index >= 15 is 0 Å². The fourth-order valence-corrected chi connectivity index (χ4v) is 3.70. The highest BCUT2D eigenvalue weighted by atomic mass is 16.5. The van der Waals surface area contributed by atoms with E-state index in [1.165, 1.54) is 11.1 Å². The lowest BCUT2D eigenvalue weighted by Crippen LogP contribution is -2.11. The average molecular weight is 417 g/mol. The lowest BCUT2D eigenvalue weighted by atomic mass is 9.98. The van der Waals surface area contributed by atoms with E-state index in [-0.39, 0.29) is 5.63 Å². The minimum atomic E-state index is -0.274. The normalized spacial score (nSPS) is 11.6. The lowest BCUT2D eigenvalue weighted by molar-refractivity contribution is 0.358. The number of allylic oxidation sites excluding steroid dienone is 3. The fourth-order valence-electron chi connectivity index (χ4n) is 3.70. The average Bonchev–Trinajstić information content (AvgIpc) is 2.74. The number of hydrogen-bond donors (Lipinski definition) is 0. The molecule has 1 aromatic heterocycles. The summed E-state index contributed by atoms with van der Waals surface area (Å²) in [5.41, 5.74) is 6.63. The molecule has 2 aromatic carbocycles. The maximum Gasteiger partial charge on any atom is 0.340 e. The first-order valence-corrected chi connectivity index (χ1v) is 10.9. The van der Waals surface area contributed by atoms with E-state index < -0.39 is 0 Å². The topological polar surface area (TPSA) is 39.4 Å². The molecule has 0 bridgehead atoms. The van der Waals surface area contributed by atoms with E-state index in [4.69, 9.17) is 9.15 Å². The first-order valence-electron chi connectivity index (χ1n) is 10.9. The number of hydrogen-bond acceptors (Lipinski definition) is 3. The lowest BCUT2D eigenvalue weighted by Gasteiger charge is -2.13. The molecule has 1 heterocycles. The molecule has 0 N–H and O–H groups in total. The van der Waals surface area contributed by atoms with E-state index in [0.717, 1.165) is 40.7 Å². The Morgan fingerprint density at radius 1 is 0.968 bits per heavy atom. The highest BCUT2D eigenvalue weighted by Gasteiger charge is 2.15. The number of rotatable bonds is 8. The summed E-state index contributed by atoms with van der Waals surface area (Å²) in [6.07, 6.45) is 7.02. The zero-order chi connectivity index (χ0) is 22.4. The van der Waals surface area contributed by atoms with Gasteiger partial charge >= 0.3 is 5.63 Å². The zero-order valence-electron chi connectivity index (χ0n) is 19.2. The molecule has 0 fully saturated rings. The van der Waals surface area contributed by atoms with Gasteiger partial charge in [-0.1, -0.05) is 47.6 Å². The summed E-state index contributed by atoms with van der Waals surface area (Å²) >= 11 is 0. The highest BCUT2D eigenvalue weighted by molar-refractivity contribution is 5.85. The minimum absolute atomic E-state index is 0.274. The molecule has 3 aromatic rings. The number of ether oxygens (including phenoxy) is 1. The van der Waals surface area contributed by atoms with Gasteiger partial charge in [-0.2, -0.15) is 0 Å². The summed E-state index contributed by atoms with van der Waals surface area (Å²) in [5, 5.41) is 0.962. The monoisotopic (exact) mass is 416 g/mol. The van der Waals surface area contributed by atoms with Crippen molar-refractivity contribution in [2.24, 2.45) is 0 Å². The van der Waals surface area contributed by atoms with Crippen molar-refractivity contribution in [3.05, 3.63) is 98.4 Å². The van der Waals surface area contributed by atoms with Gasteiger partial charge in [0.15, 0.2) is 0 Å². The predicted molar refractivity (Wildman–Crippen MR) is 129 cm³/mol. The van der Waals surface area contributed by atoms with Crippen LogP contribution < -0.4 is 10.4 Å². The molecule has 0 aliphatic heterocycles. The smallest absolute Gasteiger partial charge is 0.340 e. The standard InChI is InChI=1S/C28H32O3/c1-19(2)10-9-11-20(3)16-17-30-26-15-14-24-21(4)25(18-23-12-7-6-8-13-23)28(29)31-27(24)22(26)5/h6-8,10,12-16H,9,11,17-18H2,1-5H3/b20-16-. The van der Waals surface area contributed by atoms with E-state index in [9.17, 15) is 4.79 Å².